The van der Waals surface area contributed by atoms with Crippen molar-refractivity contribution in [2.24, 2.45) is 0 Å². The SMILES string of the molecule is C=C[C@H]1OC(C)(C)O[C@H]1C[C@H](O)CCCCCCC. The Bertz CT molecular complexity index is 263. The highest BCUT2D eigenvalue weighted by Crippen LogP contribution is 2.31. The van der Waals surface area contributed by atoms with Crippen LogP contribution in [0, 0.1) is 0 Å². The molecule has 19 heavy (non-hydrogen) atoms. The van der Waals surface area contributed by atoms with Gasteiger partial charge in [-0.15, -0.1) is 6.58 Å². The normalized spacial score (nSPS) is 27.4. The highest BCUT2D eigenvalue weighted by atomic mass is 16.7. The molecular weight excluding hydrogens is 240 g/mol. The van der Waals surface area contributed by atoms with Crippen molar-refractivity contribution < 1.29 is 14.6 Å². The average Bonchev–Trinajstić information content (AvgIpc) is 2.63. The fourth-order valence-corrected chi connectivity index (χ4v) is 2.61. The van der Waals surface area contributed by atoms with Gasteiger partial charge in [0.05, 0.1) is 12.2 Å². The van der Waals surface area contributed by atoms with Crippen LogP contribution >= 0.6 is 0 Å². The molecule has 0 radical (unpaired) electrons. The number of aliphatic hydroxyl groups excluding tert-OH is 1. The van der Waals surface area contributed by atoms with Gasteiger partial charge in [0.2, 0.25) is 0 Å². The number of aliphatic hydroxyl groups is 1. The molecule has 1 aliphatic heterocycles. The van der Waals surface area contributed by atoms with Crippen molar-refractivity contribution in [1.29, 1.82) is 0 Å². The molecule has 3 heteroatoms. The first-order chi connectivity index (χ1) is 8.98. The molecule has 1 saturated heterocycles. The molecule has 0 amide bonds. The predicted molar refractivity (Wildman–Crippen MR) is 78.0 cm³/mol. The first-order valence-electron chi connectivity index (χ1n) is 7.64. The molecule has 0 aromatic rings. The molecule has 0 spiro atoms. The molecule has 0 aromatic heterocycles. The summed E-state index contributed by atoms with van der Waals surface area (Å²) >= 11 is 0. The van der Waals surface area contributed by atoms with Crippen molar-refractivity contribution in [2.45, 2.75) is 89.8 Å². The lowest BCUT2D eigenvalue weighted by Crippen LogP contribution is -2.26. The quantitative estimate of drug-likeness (QED) is 0.511. The molecule has 1 heterocycles. The van der Waals surface area contributed by atoms with Gasteiger partial charge in [-0.25, -0.2) is 0 Å². The highest BCUT2D eigenvalue weighted by Gasteiger charge is 2.40. The Kier molecular flexibility index (Phi) is 7.05. The van der Waals surface area contributed by atoms with Gasteiger partial charge < -0.3 is 14.6 Å². The molecule has 0 bridgehead atoms. The largest absolute Gasteiger partial charge is 0.393 e. The van der Waals surface area contributed by atoms with E-state index in [9.17, 15) is 5.11 Å². The lowest BCUT2D eigenvalue weighted by Gasteiger charge is -2.19. The van der Waals surface area contributed by atoms with Crippen LogP contribution in [-0.2, 0) is 9.47 Å². The fourth-order valence-electron chi connectivity index (χ4n) is 2.61. The van der Waals surface area contributed by atoms with Gasteiger partial charge in [-0.05, 0) is 20.3 Å². The number of hydrogen-bond donors (Lipinski definition) is 1. The van der Waals surface area contributed by atoms with E-state index < -0.39 is 5.79 Å². The van der Waals surface area contributed by atoms with Gasteiger partial charge in [-0.2, -0.15) is 0 Å². The molecule has 1 fully saturated rings. The van der Waals surface area contributed by atoms with E-state index in [0.29, 0.717) is 6.42 Å². The van der Waals surface area contributed by atoms with E-state index in [1.165, 1.54) is 25.7 Å². The van der Waals surface area contributed by atoms with Crippen molar-refractivity contribution in [3.8, 4) is 0 Å². The van der Waals surface area contributed by atoms with E-state index in [1.807, 2.05) is 13.8 Å². The van der Waals surface area contributed by atoms with Crippen LogP contribution in [0.25, 0.3) is 0 Å². The highest BCUT2D eigenvalue weighted by molar-refractivity contribution is 4.93. The maximum Gasteiger partial charge on any atom is 0.164 e. The van der Waals surface area contributed by atoms with Gasteiger partial charge >= 0.3 is 0 Å². The number of ether oxygens (including phenoxy) is 2. The topological polar surface area (TPSA) is 38.7 Å². The van der Waals surface area contributed by atoms with Crippen LogP contribution < -0.4 is 0 Å². The van der Waals surface area contributed by atoms with E-state index >= 15 is 0 Å². The van der Waals surface area contributed by atoms with Crippen molar-refractivity contribution in [3.05, 3.63) is 12.7 Å². The molecule has 112 valence electrons. The Morgan fingerprint density at radius 3 is 2.53 bits per heavy atom. The smallest absolute Gasteiger partial charge is 0.164 e. The molecule has 0 aromatic carbocycles. The molecular formula is C16H30O3. The summed E-state index contributed by atoms with van der Waals surface area (Å²) in [6, 6.07) is 0. The summed E-state index contributed by atoms with van der Waals surface area (Å²) in [5, 5.41) is 10.1. The molecule has 1 N–H and O–H groups in total. The van der Waals surface area contributed by atoms with E-state index in [4.69, 9.17) is 9.47 Å². The molecule has 3 atom stereocenters. The van der Waals surface area contributed by atoms with Gasteiger partial charge in [-0.3, -0.25) is 0 Å². The Morgan fingerprint density at radius 1 is 1.21 bits per heavy atom. The van der Waals surface area contributed by atoms with Gasteiger partial charge in [0.25, 0.3) is 0 Å². The zero-order valence-corrected chi connectivity index (χ0v) is 12.7. The van der Waals surface area contributed by atoms with Crippen molar-refractivity contribution in [2.75, 3.05) is 0 Å². The molecule has 1 aliphatic rings. The van der Waals surface area contributed by atoms with E-state index in [1.54, 1.807) is 6.08 Å². The Morgan fingerprint density at radius 2 is 1.89 bits per heavy atom. The number of hydrogen-bond acceptors (Lipinski definition) is 3. The molecule has 0 unspecified atom stereocenters. The first kappa shape index (κ1) is 16.7. The third-order valence-corrected chi connectivity index (χ3v) is 3.60. The minimum atomic E-state index is -0.565. The Labute approximate surface area is 118 Å². The van der Waals surface area contributed by atoms with Gasteiger partial charge in [0.1, 0.15) is 6.10 Å². The third kappa shape index (κ3) is 6.07. The summed E-state index contributed by atoms with van der Waals surface area (Å²) in [5.41, 5.74) is 0. The molecule has 0 aliphatic carbocycles. The average molecular weight is 270 g/mol. The second-order valence-electron chi connectivity index (χ2n) is 5.97. The van der Waals surface area contributed by atoms with Crippen LogP contribution in [-0.4, -0.2) is 29.2 Å². The zero-order chi connectivity index (χ0) is 14.3. The number of unbranched alkanes of at least 4 members (excludes halogenated alkanes) is 4. The van der Waals surface area contributed by atoms with Crippen LogP contribution in [0.1, 0.15) is 65.7 Å². The van der Waals surface area contributed by atoms with E-state index in [-0.39, 0.29) is 18.3 Å². The van der Waals surface area contributed by atoms with Crippen LogP contribution in [0.15, 0.2) is 12.7 Å². The standard InChI is InChI=1S/C16H30O3/c1-5-7-8-9-10-11-13(17)12-15-14(6-2)18-16(3,4)19-15/h6,13-15,17H,2,5,7-12H2,1,3-4H3/t13-,14-,15+/m1/s1. The lowest BCUT2D eigenvalue weighted by molar-refractivity contribution is -0.145. The summed E-state index contributed by atoms with van der Waals surface area (Å²) in [4.78, 5) is 0. The maximum atomic E-state index is 10.1. The van der Waals surface area contributed by atoms with Crippen molar-refractivity contribution in [1.82, 2.24) is 0 Å². The summed E-state index contributed by atoms with van der Waals surface area (Å²) in [6.45, 7) is 9.79. The predicted octanol–water partition coefficient (Wildman–Crippen LogP) is 3.80. The molecule has 3 nitrogen and oxygen atoms in total. The van der Waals surface area contributed by atoms with E-state index in [0.717, 1.165) is 12.8 Å². The second-order valence-corrected chi connectivity index (χ2v) is 5.97. The van der Waals surface area contributed by atoms with Crippen LogP contribution in [0.3, 0.4) is 0 Å². The minimum absolute atomic E-state index is 0.0712. The zero-order valence-electron chi connectivity index (χ0n) is 12.7. The first-order valence-corrected chi connectivity index (χ1v) is 7.64. The number of rotatable bonds is 9. The van der Waals surface area contributed by atoms with Crippen molar-refractivity contribution >= 4 is 0 Å². The summed E-state index contributed by atoms with van der Waals surface area (Å²) in [5.74, 6) is -0.565. The fraction of sp³-hybridized carbons (Fsp3) is 0.875. The third-order valence-electron chi connectivity index (χ3n) is 3.60. The molecule has 0 saturated carbocycles. The van der Waals surface area contributed by atoms with Gasteiger partial charge in [0, 0.05) is 6.42 Å². The Balaban J connectivity index is 2.24. The van der Waals surface area contributed by atoms with Crippen LogP contribution in [0.4, 0.5) is 0 Å². The minimum Gasteiger partial charge on any atom is -0.393 e. The van der Waals surface area contributed by atoms with Crippen molar-refractivity contribution in [3.63, 3.8) is 0 Å². The summed E-state index contributed by atoms with van der Waals surface area (Å²) in [6.07, 6.45) is 8.91. The van der Waals surface area contributed by atoms with Gasteiger partial charge in [0.15, 0.2) is 5.79 Å². The summed E-state index contributed by atoms with van der Waals surface area (Å²) < 4.78 is 11.5. The molecule has 1 rings (SSSR count). The summed E-state index contributed by atoms with van der Waals surface area (Å²) in [7, 11) is 0. The maximum absolute atomic E-state index is 10.1. The van der Waals surface area contributed by atoms with Crippen LogP contribution in [0.5, 0.6) is 0 Å². The van der Waals surface area contributed by atoms with Crippen LogP contribution in [0.2, 0.25) is 0 Å². The van der Waals surface area contributed by atoms with E-state index in [2.05, 4.69) is 13.5 Å². The van der Waals surface area contributed by atoms with Gasteiger partial charge in [-0.1, -0.05) is 45.1 Å². The lowest BCUT2D eigenvalue weighted by atomic mass is 10.0. The Hall–Kier alpha value is -0.380. The second kappa shape index (κ2) is 8.03. The monoisotopic (exact) mass is 270 g/mol.